The number of aliphatic hydroxyl groups excluding tert-OH is 2. The molecule has 1 aromatic carbocycles. The molecule has 0 radical (unpaired) electrons. The lowest BCUT2D eigenvalue weighted by Gasteiger charge is -2.15. The van der Waals surface area contributed by atoms with Crippen molar-refractivity contribution in [1.82, 2.24) is 14.8 Å². The number of aliphatic hydroxyl groups is 2. The smallest absolute Gasteiger partial charge is 0.109 e. The van der Waals surface area contributed by atoms with Gasteiger partial charge in [0.25, 0.3) is 0 Å². The highest BCUT2D eigenvalue weighted by Crippen LogP contribution is 2.29. The van der Waals surface area contributed by atoms with Crippen molar-refractivity contribution in [3.05, 3.63) is 77.1 Å². The maximum Gasteiger partial charge on any atom is 0.109 e. The number of hydrogen-bond donors (Lipinski definition) is 2. The zero-order valence-corrected chi connectivity index (χ0v) is 13.2. The molecule has 0 saturated heterocycles. The molecule has 0 aliphatic carbocycles. The summed E-state index contributed by atoms with van der Waals surface area (Å²) >= 11 is 0. The summed E-state index contributed by atoms with van der Waals surface area (Å²) in [5.41, 5.74) is 10.9. The van der Waals surface area contributed by atoms with Crippen LogP contribution in [0.4, 0.5) is 0 Å². The molecule has 0 saturated carbocycles. The van der Waals surface area contributed by atoms with Crippen molar-refractivity contribution in [2.24, 2.45) is 5.11 Å². The lowest BCUT2D eigenvalue weighted by atomic mass is 10.0. The average molecular weight is 336 g/mol. The van der Waals surface area contributed by atoms with Crippen LogP contribution in [-0.2, 0) is 0 Å². The minimum Gasteiger partial charge on any atom is -0.390 e. The quantitative estimate of drug-likeness (QED) is 0.408. The Kier molecular flexibility index (Phi) is 5.06. The van der Waals surface area contributed by atoms with Crippen molar-refractivity contribution >= 4 is 0 Å². The summed E-state index contributed by atoms with van der Waals surface area (Å²) in [5.74, 6) is 0. The van der Waals surface area contributed by atoms with E-state index in [0.717, 1.165) is 11.3 Å². The number of para-hydroxylation sites is 1. The van der Waals surface area contributed by atoms with Gasteiger partial charge in [-0.2, -0.15) is 5.10 Å². The fourth-order valence-electron chi connectivity index (χ4n) is 2.48. The largest absolute Gasteiger partial charge is 0.390 e. The molecule has 2 unspecified atom stereocenters. The van der Waals surface area contributed by atoms with E-state index >= 15 is 0 Å². The molecule has 0 aliphatic heterocycles. The van der Waals surface area contributed by atoms with Crippen molar-refractivity contribution in [2.75, 3.05) is 6.54 Å². The van der Waals surface area contributed by atoms with Crippen LogP contribution in [0.3, 0.4) is 0 Å². The summed E-state index contributed by atoms with van der Waals surface area (Å²) in [6.07, 6.45) is 2.44. The van der Waals surface area contributed by atoms with E-state index in [1.165, 1.54) is 0 Å². The molecule has 126 valence electrons. The molecule has 2 N–H and O–H groups in total. The van der Waals surface area contributed by atoms with Crippen LogP contribution in [0, 0.1) is 0 Å². The number of pyridine rings is 1. The standard InChI is InChI=1S/C17H16N6O2/c18-22-20-10-15(24)17(25)14-11-23(13-4-2-1-3-5-13)21-16(14)12-6-8-19-9-7-12/h1-9,11,15,17,24-25H,10H2. The first-order valence-corrected chi connectivity index (χ1v) is 7.63. The van der Waals surface area contributed by atoms with Gasteiger partial charge in [0.05, 0.1) is 24.0 Å². The number of aromatic nitrogens is 3. The van der Waals surface area contributed by atoms with E-state index in [4.69, 9.17) is 5.53 Å². The van der Waals surface area contributed by atoms with Gasteiger partial charge < -0.3 is 10.2 Å². The molecule has 8 nitrogen and oxygen atoms in total. The first kappa shape index (κ1) is 16.7. The highest BCUT2D eigenvalue weighted by atomic mass is 16.3. The molecule has 0 bridgehead atoms. The van der Waals surface area contributed by atoms with E-state index in [1.807, 2.05) is 30.3 Å². The first-order chi connectivity index (χ1) is 12.2. The second-order valence-electron chi connectivity index (χ2n) is 5.37. The molecular weight excluding hydrogens is 320 g/mol. The SMILES string of the molecule is [N-]=[N+]=NCC(O)C(O)c1cn(-c2ccccc2)nc1-c1ccncc1. The van der Waals surface area contributed by atoms with Gasteiger partial charge >= 0.3 is 0 Å². The van der Waals surface area contributed by atoms with Crippen LogP contribution < -0.4 is 0 Å². The second kappa shape index (κ2) is 7.59. The predicted molar refractivity (Wildman–Crippen MR) is 91.8 cm³/mol. The van der Waals surface area contributed by atoms with Gasteiger partial charge in [-0.05, 0) is 29.8 Å². The van der Waals surface area contributed by atoms with Crippen LogP contribution in [0.15, 0.2) is 66.2 Å². The highest BCUT2D eigenvalue weighted by molar-refractivity contribution is 5.63. The van der Waals surface area contributed by atoms with Crippen molar-refractivity contribution in [1.29, 1.82) is 0 Å². The molecule has 2 heterocycles. The van der Waals surface area contributed by atoms with E-state index in [1.54, 1.807) is 35.4 Å². The van der Waals surface area contributed by atoms with Gasteiger partial charge in [0.15, 0.2) is 0 Å². The van der Waals surface area contributed by atoms with Gasteiger partial charge in [-0.25, -0.2) is 4.68 Å². The number of benzene rings is 1. The summed E-state index contributed by atoms with van der Waals surface area (Å²) in [6, 6.07) is 13.0. The fraction of sp³-hybridized carbons (Fsp3) is 0.176. The summed E-state index contributed by atoms with van der Waals surface area (Å²) in [7, 11) is 0. The van der Waals surface area contributed by atoms with E-state index in [-0.39, 0.29) is 6.54 Å². The second-order valence-corrected chi connectivity index (χ2v) is 5.37. The molecule has 3 aromatic rings. The lowest BCUT2D eigenvalue weighted by molar-refractivity contribution is 0.0247. The van der Waals surface area contributed by atoms with Crippen molar-refractivity contribution < 1.29 is 10.2 Å². The first-order valence-electron chi connectivity index (χ1n) is 7.63. The van der Waals surface area contributed by atoms with Crippen molar-refractivity contribution in [3.63, 3.8) is 0 Å². The third kappa shape index (κ3) is 3.67. The molecular formula is C17H16N6O2. The Morgan fingerprint density at radius 2 is 1.84 bits per heavy atom. The van der Waals surface area contributed by atoms with Gasteiger partial charge in [0, 0.05) is 34.6 Å². The van der Waals surface area contributed by atoms with Gasteiger partial charge in [-0.1, -0.05) is 23.3 Å². The number of hydrogen-bond acceptors (Lipinski definition) is 5. The Morgan fingerprint density at radius 3 is 2.52 bits per heavy atom. The third-order valence-electron chi connectivity index (χ3n) is 3.73. The summed E-state index contributed by atoms with van der Waals surface area (Å²) in [5, 5.41) is 28.5. The topological polar surface area (TPSA) is 120 Å². The molecule has 8 heteroatoms. The van der Waals surface area contributed by atoms with Crippen LogP contribution >= 0.6 is 0 Å². The van der Waals surface area contributed by atoms with Crippen LogP contribution in [0.25, 0.3) is 27.4 Å². The Bertz CT molecular complexity index is 875. The number of rotatable bonds is 6. The van der Waals surface area contributed by atoms with Gasteiger partial charge in [-0.3, -0.25) is 4.98 Å². The van der Waals surface area contributed by atoms with Crippen LogP contribution in [0.2, 0.25) is 0 Å². The summed E-state index contributed by atoms with van der Waals surface area (Å²) < 4.78 is 1.63. The molecule has 2 aromatic heterocycles. The predicted octanol–water partition coefficient (Wildman–Crippen LogP) is 2.64. The normalized spacial score (nSPS) is 13.0. The molecule has 0 fully saturated rings. The average Bonchev–Trinajstić information content (AvgIpc) is 3.12. The fourth-order valence-corrected chi connectivity index (χ4v) is 2.48. The highest BCUT2D eigenvalue weighted by Gasteiger charge is 2.24. The zero-order valence-electron chi connectivity index (χ0n) is 13.2. The molecule has 0 amide bonds. The Balaban J connectivity index is 2.06. The van der Waals surface area contributed by atoms with Gasteiger partial charge in [0.2, 0.25) is 0 Å². The maximum atomic E-state index is 10.5. The summed E-state index contributed by atoms with van der Waals surface area (Å²) in [4.78, 5) is 6.59. The van der Waals surface area contributed by atoms with E-state index in [2.05, 4.69) is 20.1 Å². The van der Waals surface area contributed by atoms with Crippen molar-refractivity contribution in [2.45, 2.75) is 12.2 Å². The van der Waals surface area contributed by atoms with Gasteiger partial charge in [-0.15, -0.1) is 0 Å². The summed E-state index contributed by atoms with van der Waals surface area (Å²) in [6.45, 7) is -0.232. The van der Waals surface area contributed by atoms with Crippen LogP contribution in [0.5, 0.6) is 0 Å². The third-order valence-corrected chi connectivity index (χ3v) is 3.73. The van der Waals surface area contributed by atoms with Gasteiger partial charge in [0.1, 0.15) is 6.10 Å². The van der Waals surface area contributed by atoms with E-state index in [9.17, 15) is 10.2 Å². The van der Waals surface area contributed by atoms with E-state index < -0.39 is 12.2 Å². The van der Waals surface area contributed by atoms with Crippen LogP contribution in [0.1, 0.15) is 11.7 Å². The molecule has 0 aliphatic rings. The molecule has 0 spiro atoms. The maximum absolute atomic E-state index is 10.5. The molecule has 3 rings (SSSR count). The molecule has 2 atom stereocenters. The van der Waals surface area contributed by atoms with Crippen LogP contribution in [-0.4, -0.2) is 37.6 Å². The van der Waals surface area contributed by atoms with Crippen molar-refractivity contribution in [3.8, 4) is 16.9 Å². The number of azide groups is 1. The zero-order chi connectivity index (χ0) is 17.6. The minimum absolute atomic E-state index is 0.232. The Labute approximate surface area is 143 Å². The Morgan fingerprint density at radius 1 is 1.12 bits per heavy atom. The molecule has 25 heavy (non-hydrogen) atoms. The van der Waals surface area contributed by atoms with E-state index in [0.29, 0.717) is 11.3 Å². The lowest BCUT2D eigenvalue weighted by Crippen LogP contribution is -2.21. The minimum atomic E-state index is -1.24. The number of nitrogens with zero attached hydrogens (tertiary/aromatic N) is 6. The Hall–Kier alpha value is -3.19. The monoisotopic (exact) mass is 336 g/mol.